The average Bonchev–Trinajstić information content (AvgIpc) is 2.81. The van der Waals surface area contributed by atoms with Gasteiger partial charge in [0.25, 0.3) is 5.56 Å². The summed E-state index contributed by atoms with van der Waals surface area (Å²) in [6.07, 6.45) is 0. The minimum Gasteiger partial charge on any atom is -0.315 e. The Balaban J connectivity index is 1.85. The van der Waals surface area contributed by atoms with E-state index in [1.807, 2.05) is 93.6 Å². The van der Waals surface area contributed by atoms with Crippen LogP contribution in [0.25, 0.3) is 16.6 Å². The number of rotatable bonds is 5. The van der Waals surface area contributed by atoms with E-state index in [0.29, 0.717) is 29.0 Å². The van der Waals surface area contributed by atoms with Gasteiger partial charge >= 0.3 is 6.03 Å². The third-order valence-corrected chi connectivity index (χ3v) is 5.63. The van der Waals surface area contributed by atoms with Crippen molar-refractivity contribution in [1.82, 2.24) is 14.5 Å². The minimum absolute atomic E-state index is 0.147. The average molecular weight is 427 g/mol. The fourth-order valence-corrected chi connectivity index (χ4v) is 3.93. The molecule has 6 nitrogen and oxygen atoms in total. The van der Waals surface area contributed by atoms with Crippen LogP contribution in [0.2, 0.25) is 0 Å². The zero-order valence-electron chi connectivity index (χ0n) is 18.4. The number of aromatic nitrogens is 2. The number of nitrogens with zero attached hydrogens (tertiary/aromatic N) is 3. The summed E-state index contributed by atoms with van der Waals surface area (Å²) in [6.45, 7) is 6.24. The highest BCUT2D eigenvalue weighted by atomic mass is 16.2. The molecule has 1 atom stereocenters. The van der Waals surface area contributed by atoms with Crippen molar-refractivity contribution in [3.63, 3.8) is 0 Å². The third kappa shape index (κ3) is 3.99. The van der Waals surface area contributed by atoms with Crippen LogP contribution in [0.3, 0.4) is 0 Å². The van der Waals surface area contributed by atoms with Gasteiger partial charge in [0.15, 0.2) is 0 Å². The molecule has 1 aromatic heterocycles. The molecule has 1 unspecified atom stereocenters. The normalized spacial score (nSPS) is 11.8. The van der Waals surface area contributed by atoms with Crippen molar-refractivity contribution in [2.75, 3.05) is 11.9 Å². The third-order valence-electron chi connectivity index (χ3n) is 5.63. The summed E-state index contributed by atoms with van der Waals surface area (Å²) >= 11 is 0. The maximum absolute atomic E-state index is 13.6. The summed E-state index contributed by atoms with van der Waals surface area (Å²) in [5, 5.41) is 3.48. The highest BCUT2D eigenvalue weighted by molar-refractivity contribution is 5.89. The number of fused-ring (bicyclic) bond motifs is 1. The Morgan fingerprint density at radius 2 is 1.66 bits per heavy atom. The smallest absolute Gasteiger partial charge is 0.315 e. The highest BCUT2D eigenvalue weighted by Crippen LogP contribution is 2.24. The fourth-order valence-electron chi connectivity index (χ4n) is 3.93. The molecule has 0 saturated heterocycles. The molecule has 0 radical (unpaired) electrons. The van der Waals surface area contributed by atoms with Crippen LogP contribution in [-0.4, -0.2) is 27.0 Å². The summed E-state index contributed by atoms with van der Waals surface area (Å²) < 4.78 is 1.64. The van der Waals surface area contributed by atoms with Gasteiger partial charge in [0.1, 0.15) is 5.82 Å². The van der Waals surface area contributed by atoms with Gasteiger partial charge in [0.05, 0.1) is 22.6 Å². The Morgan fingerprint density at radius 1 is 1.00 bits per heavy atom. The molecule has 4 aromatic rings. The van der Waals surface area contributed by atoms with Crippen LogP contribution in [0.5, 0.6) is 0 Å². The lowest BCUT2D eigenvalue weighted by molar-refractivity contribution is 0.193. The number of hydrogen-bond donors (Lipinski definition) is 1. The molecule has 0 saturated carbocycles. The van der Waals surface area contributed by atoms with Crippen molar-refractivity contribution in [3.8, 4) is 5.69 Å². The molecule has 0 aliphatic carbocycles. The Kier molecular flexibility index (Phi) is 6.03. The lowest BCUT2D eigenvalue weighted by Crippen LogP contribution is -2.39. The zero-order valence-corrected chi connectivity index (χ0v) is 18.4. The van der Waals surface area contributed by atoms with Gasteiger partial charge in [-0.2, -0.15) is 0 Å². The van der Waals surface area contributed by atoms with E-state index in [4.69, 9.17) is 4.98 Å². The fraction of sp³-hybridized carbons (Fsp3) is 0.192. The quantitative estimate of drug-likeness (QED) is 0.470. The maximum atomic E-state index is 13.6. The van der Waals surface area contributed by atoms with Crippen molar-refractivity contribution in [2.45, 2.75) is 26.8 Å². The molecular weight excluding hydrogens is 400 g/mol. The van der Waals surface area contributed by atoms with Crippen molar-refractivity contribution >= 4 is 22.6 Å². The molecule has 162 valence electrons. The van der Waals surface area contributed by atoms with Gasteiger partial charge in [-0.25, -0.2) is 9.78 Å². The number of urea groups is 1. The number of hydrogen-bond acceptors (Lipinski definition) is 3. The van der Waals surface area contributed by atoms with E-state index < -0.39 is 6.04 Å². The number of anilines is 1. The van der Waals surface area contributed by atoms with Crippen LogP contribution in [0, 0.1) is 6.92 Å². The van der Waals surface area contributed by atoms with Gasteiger partial charge in [-0.05, 0) is 56.7 Å². The number of benzene rings is 3. The Bertz CT molecular complexity index is 1310. The molecule has 0 bridgehead atoms. The molecule has 0 spiro atoms. The molecule has 1 heterocycles. The first kappa shape index (κ1) is 21.3. The number of carbonyl (C=O) groups excluding carboxylic acids is 1. The molecule has 0 aliphatic rings. The van der Waals surface area contributed by atoms with Crippen LogP contribution >= 0.6 is 0 Å². The molecule has 4 rings (SSSR count). The number of para-hydroxylation sites is 3. The molecule has 0 fully saturated rings. The van der Waals surface area contributed by atoms with Gasteiger partial charge in [0.2, 0.25) is 0 Å². The first-order chi connectivity index (χ1) is 15.5. The zero-order chi connectivity index (χ0) is 22.7. The van der Waals surface area contributed by atoms with Crippen LogP contribution in [0.4, 0.5) is 10.5 Å². The predicted molar refractivity (Wildman–Crippen MR) is 128 cm³/mol. The van der Waals surface area contributed by atoms with E-state index in [9.17, 15) is 9.59 Å². The first-order valence-corrected chi connectivity index (χ1v) is 10.7. The number of aryl methyl sites for hydroxylation is 1. The molecule has 32 heavy (non-hydrogen) atoms. The molecule has 2 amide bonds. The summed E-state index contributed by atoms with van der Waals surface area (Å²) in [5.74, 6) is 0.521. The standard InChI is InChI=1S/C26H26N4O2/c1-4-29(26(32)27-20-13-6-5-7-14-20)19(3)24-28-22-16-10-9-15-21(22)25(31)30(24)23-17-11-8-12-18(23)2/h5-17,19H,4H2,1-3H3,(H,27,32). The SMILES string of the molecule is CCN(C(=O)Nc1ccccc1)C(C)c1nc2ccccc2c(=O)n1-c1ccccc1C. The van der Waals surface area contributed by atoms with Crippen LogP contribution < -0.4 is 10.9 Å². The number of amides is 2. The van der Waals surface area contributed by atoms with Crippen LogP contribution in [0.15, 0.2) is 83.7 Å². The molecular formula is C26H26N4O2. The van der Waals surface area contributed by atoms with E-state index in [1.165, 1.54) is 0 Å². The second-order valence-corrected chi connectivity index (χ2v) is 7.67. The Morgan fingerprint density at radius 3 is 2.38 bits per heavy atom. The lowest BCUT2D eigenvalue weighted by Gasteiger charge is -2.30. The Labute approximate surface area is 187 Å². The lowest BCUT2D eigenvalue weighted by atomic mass is 10.1. The Hall–Kier alpha value is -3.93. The van der Waals surface area contributed by atoms with Crippen LogP contribution in [0.1, 0.15) is 31.3 Å². The first-order valence-electron chi connectivity index (χ1n) is 10.7. The van der Waals surface area contributed by atoms with Gasteiger partial charge in [0, 0.05) is 12.2 Å². The maximum Gasteiger partial charge on any atom is 0.322 e. The molecule has 6 heteroatoms. The molecule has 0 aliphatic heterocycles. The van der Waals surface area contributed by atoms with Crippen molar-refractivity contribution in [1.29, 1.82) is 0 Å². The number of carbonyl (C=O) groups is 1. The van der Waals surface area contributed by atoms with E-state index >= 15 is 0 Å². The van der Waals surface area contributed by atoms with E-state index in [2.05, 4.69) is 5.32 Å². The van der Waals surface area contributed by atoms with Crippen molar-refractivity contribution < 1.29 is 4.79 Å². The van der Waals surface area contributed by atoms with Gasteiger partial charge < -0.3 is 10.2 Å². The largest absolute Gasteiger partial charge is 0.322 e. The summed E-state index contributed by atoms with van der Waals surface area (Å²) in [6, 6.07) is 23.7. The van der Waals surface area contributed by atoms with E-state index in [0.717, 1.165) is 11.3 Å². The van der Waals surface area contributed by atoms with E-state index in [-0.39, 0.29) is 11.6 Å². The van der Waals surface area contributed by atoms with Crippen molar-refractivity contribution in [2.24, 2.45) is 0 Å². The molecule has 1 N–H and O–H groups in total. The second-order valence-electron chi connectivity index (χ2n) is 7.67. The highest BCUT2D eigenvalue weighted by Gasteiger charge is 2.26. The minimum atomic E-state index is -0.444. The molecule has 3 aromatic carbocycles. The van der Waals surface area contributed by atoms with E-state index in [1.54, 1.807) is 15.5 Å². The van der Waals surface area contributed by atoms with Gasteiger partial charge in [-0.1, -0.05) is 48.5 Å². The topological polar surface area (TPSA) is 67.2 Å². The van der Waals surface area contributed by atoms with Crippen molar-refractivity contribution in [3.05, 3.63) is 101 Å². The van der Waals surface area contributed by atoms with Crippen LogP contribution in [-0.2, 0) is 0 Å². The number of nitrogens with one attached hydrogen (secondary N) is 1. The second kappa shape index (κ2) is 9.06. The van der Waals surface area contributed by atoms with Gasteiger partial charge in [-0.3, -0.25) is 9.36 Å². The summed E-state index contributed by atoms with van der Waals surface area (Å²) in [7, 11) is 0. The summed E-state index contributed by atoms with van der Waals surface area (Å²) in [5.41, 5.74) is 2.90. The summed E-state index contributed by atoms with van der Waals surface area (Å²) in [4.78, 5) is 33.2. The monoisotopic (exact) mass is 426 g/mol. The van der Waals surface area contributed by atoms with Gasteiger partial charge in [-0.15, -0.1) is 0 Å². The predicted octanol–water partition coefficient (Wildman–Crippen LogP) is 5.31.